The monoisotopic (exact) mass is 341 g/mol. The smallest absolute Gasteiger partial charge is 0.222 e. The molecule has 0 radical (unpaired) electrons. The van der Waals surface area contributed by atoms with Crippen LogP contribution in [-0.2, 0) is 11.3 Å². The number of aliphatic hydroxyl groups is 1. The Morgan fingerprint density at radius 3 is 2.88 bits per heavy atom. The van der Waals surface area contributed by atoms with Crippen molar-refractivity contribution in [3.63, 3.8) is 0 Å². The summed E-state index contributed by atoms with van der Waals surface area (Å²) < 4.78 is 0. The standard InChI is InChI=1S/C20H27N3O2/c21-13-16-5-1-2-6-17(16)14-22-11-9-19-18(15-22)7-8-20(25)23(19)10-3-4-12-24/h1-2,5-6,18-19,24H,3-4,7-12,14-15H2/t18-,19+/m0/s1. The van der Waals surface area contributed by atoms with Gasteiger partial charge in [0.25, 0.3) is 0 Å². The van der Waals surface area contributed by atoms with Gasteiger partial charge in [0.15, 0.2) is 0 Å². The molecule has 1 aromatic carbocycles. The lowest BCUT2D eigenvalue weighted by Gasteiger charge is -2.47. The maximum absolute atomic E-state index is 12.3. The van der Waals surface area contributed by atoms with Gasteiger partial charge < -0.3 is 10.0 Å². The van der Waals surface area contributed by atoms with E-state index < -0.39 is 0 Å². The summed E-state index contributed by atoms with van der Waals surface area (Å²) in [6.07, 6.45) is 4.26. The average Bonchev–Trinajstić information content (AvgIpc) is 2.64. The molecule has 1 aromatic rings. The molecule has 3 rings (SSSR count). The van der Waals surface area contributed by atoms with E-state index in [2.05, 4.69) is 15.9 Å². The summed E-state index contributed by atoms with van der Waals surface area (Å²) in [5.41, 5.74) is 1.85. The summed E-state index contributed by atoms with van der Waals surface area (Å²) in [4.78, 5) is 16.8. The number of amides is 1. The number of nitrogens with zero attached hydrogens (tertiary/aromatic N) is 3. The zero-order valence-corrected chi connectivity index (χ0v) is 14.7. The number of benzene rings is 1. The maximum atomic E-state index is 12.3. The molecule has 0 saturated carbocycles. The number of likely N-dealkylation sites (tertiary alicyclic amines) is 2. The molecule has 1 N–H and O–H groups in total. The van der Waals surface area contributed by atoms with Crippen LogP contribution in [0, 0.1) is 17.2 Å². The number of fused-ring (bicyclic) bond motifs is 1. The van der Waals surface area contributed by atoms with Gasteiger partial charge in [-0.25, -0.2) is 0 Å². The minimum Gasteiger partial charge on any atom is -0.396 e. The molecule has 134 valence electrons. The molecule has 0 unspecified atom stereocenters. The zero-order chi connectivity index (χ0) is 17.6. The van der Waals surface area contributed by atoms with Gasteiger partial charge in [-0.3, -0.25) is 9.69 Å². The predicted octanol–water partition coefficient (Wildman–Crippen LogP) is 2.14. The van der Waals surface area contributed by atoms with Crippen molar-refractivity contribution in [1.29, 1.82) is 5.26 Å². The highest BCUT2D eigenvalue weighted by molar-refractivity contribution is 5.77. The molecule has 2 fully saturated rings. The topological polar surface area (TPSA) is 67.6 Å². The van der Waals surface area contributed by atoms with Crippen LogP contribution in [-0.4, -0.2) is 53.1 Å². The minimum absolute atomic E-state index is 0.197. The van der Waals surface area contributed by atoms with E-state index in [0.29, 0.717) is 18.4 Å². The summed E-state index contributed by atoms with van der Waals surface area (Å²) in [5, 5.41) is 18.3. The van der Waals surface area contributed by atoms with E-state index in [1.54, 1.807) is 0 Å². The van der Waals surface area contributed by atoms with E-state index in [1.807, 2.05) is 24.3 Å². The molecule has 2 aliphatic rings. The lowest BCUT2D eigenvalue weighted by Crippen LogP contribution is -2.56. The van der Waals surface area contributed by atoms with Crippen LogP contribution in [0.25, 0.3) is 0 Å². The minimum atomic E-state index is 0.197. The van der Waals surface area contributed by atoms with Crippen LogP contribution in [0.15, 0.2) is 24.3 Å². The maximum Gasteiger partial charge on any atom is 0.222 e. The van der Waals surface area contributed by atoms with Gasteiger partial charge >= 0.3 is 0 Å². The van der Waals surface area contributed by atoms with Crippen LogP contribution in [0.1, 0.15) is 43.2 Å². The quantitative estimate of drug-likeness (QED) is 0.805. The Bertz CT molecular complexity index is 640. The molecular formula is C20H27N3O2. The third kappa shape index (κ3) is 4.20. The SMILES string of the molecule is N#Cc1ccccc1CN1CC[C@@H]2[C@@H](CCC(=O)N2CCCCO)C1. The van der Waals surface area contributed by atoms with Gasteiger partial charge in [-0.2, -0.15) is 5.26 Å². The summed E-state index contributed by atoms with van der Waals surface area (Å²) in [7, 11) is 0. The number of rotatable bonds is 6. The Labute approximate surface area is 149 Å². The molecule has 2 aliphatic heterocycles. The largest absolute Gasteiger partial charge is 0.396 e. The average molecular weight is 341 g/mol. The van der Waals surface area contributed by atoms with Crippen LogP contribution in [0.5, 0.6) is 0 Å². The second kappa shape index (κ2) is 8.46. The molecule has 2 atom stereocenters. The van der Waals surface area contributed by atoms with E-state index in [0.717, 1.165) is 63.0 Å². The molecular weight excluding hydrogens is 314 g/mol. The van der Waals surface area contributed by atoms with Gasteiger partial charge in [0.05, 0.1) is 11.6 Å². The molecule has 0 spiro atoms. The summed E-state index contributed by atoms with van der Waals surface area (Å²) in [6.45, 7) is 3.74. The van der Waals surface area contributed by atoms with Gasteiger partial charge in [0.2, 0.25) is 5.91 Å². The third-order valence-corrected chi connectivity index (χ3v) is 5.57. The summed E-state index contributed by atoms with van der Waals surface area (Å²) in [6, 6.07) is 10.4. The number of hydrogen-bond acceptors (Lipinski definition) is 4. The highest BCUT2D eigenvalue weighted by Gasteiger charge is 2.38. The van der Waals surface area contributed by atoms with E-state index >= 15 is 0 Å². The van der Waals surface area contributed by atoms with Crippen molar-refractivity contribution in [3.05, 3.63) is 35.4 Å². The van der Waals surface area contributed by atoms with Crippen molar-refractivity contribution in [1.82, 2.24) is 9.80 Å². The molecule has 2 heterocycles. The Kier molecular flexibility index (Phi) is 6.06. The third-order valence-electron chi connectivity index (χ3n) is 5.57. The van der Waals surface area contributed by atoms with E-state index in [-0.39, 0.29) is 12.5 Å². The molecule has 5 nitrogen and oxygen atoms in total. The number of unbranched alkanes of at least 4 members (excludes halogenated alkanes) is 1. The fraction of sp³-hybridized carbons (Fsp3) is 0.600. The number of carbonyl (C=O) groups excluding carboxylic acids is 1. The molecule has 0 bridgehead atoms. The van der Waals surface area contributed by atoms with Crippen molar-refractivity contribution in [2.75, 3.05) is 26.2 Å². The van der Waals surface area contributed by atoms with Crippen LogP contribution in [0.3, 0.4) is 0 Å². The molecule has 2 saturated heterocycles. The van der Waals surface area contributed by atoms with Gasteiger partial charge in [-0.1, -0.05) is 18.2 Å². The lowest BCUT2D eigenvalue weighted by molar-refractivity contribution is -0.141. The second-order valence-electron chi connectivity index (χ2n) is 7.18. The number of hydrogen-bond donors (Lipinski definition) is 1. The van der Waals surface area contributed by atoms with Gasteiger partial charge in [0.1, 0.15) is 0 Å². The van der Waals surface area contributed by atoms with Gasteiger partial charge in [-0.05, 0) is 43.2 Å². The first-order chi connectivity index (χ1) is 12.2. The van der Waals surface area contributed by atoms with Crippen LogP contribution >= 0.6 is 0 Å². The molecule has 25 heavy (non-hydrogen) atoms. The molecule has 1 amide bonds. The van der Waals surface area contributed by atoms with Crippen LogP contribution < -0.4 is 0 Å². The Morgan fingerprint density at radius 1 is 1.24 bits per heavy atom. The Hall–Kier alpha value is -1.90. The van der Waals surface area contributed by atoms with Crippen molar-refractivity contribution in [2.45, 2.75) is 44.7 Å². The normalized spacial score (nSPS) is 24.0. The van der Waals surface area contributed by atoms with Gasteiger partial charge in [0, 0.05) is 45.2 Å². The molecule has 0 aliphatic carbocycles. The summed E-state index contributed by atoms with van der Waals surface area (Å²) in [5.74, 6) is 0.803. The van der Waals surface area contributed by atoms with Gasteiger partial charge in [-0.15, -0.1) is 0 Å². The highest BCUT2D eigenvalue weighted by Crippen LogP contribution is 2.32. The Morgan fingerprint density at radius 2 is 2.08 bits per heavy atom. The fourth-order valence-corrected chi connectivity index (χ4v) is 4.26. The van der Waals surface area contributed by atoms with Crippen molar-refractivity contribution < 1.29 is 9.90 Å². The lowest BCUT2D eigenvalue weighted by atomic mass is 9.83. The summed E-state index contributed by atoms with van der Waals surface area (Å²) >= 11 is 0. The molecule has 0 aromatic heterocycles. The van der Waals surface area contributed by atoms with Crippen molar-refractivity contribution >= 4 is 5.91 Å². The van der Waals surface area contributed by atoms with Crippen LogP contribution in [0.2, 0.25) is 0 Å². The number of nitriles is 1. The first-order valence-corrected chi connectivity index (χ1v) is 9.33. The number of carbonyl (C=O) groups is 1. The van der Waals surface area contributed by atoms with E-state index in [1.165, 1.54) is 0 Å². The second-order valence-corrected chi connectivity index (χ2v) is 7.18. The van der Waals surface area contributed by atoms with E-state index in [4.69, 9.17) is 5.11 Å². The fourth-order valence-electron chi connectivity index (χ4n) is 4.26. The number of piperidine rings is 2. The molecule has 5 heteroatoms. The predicted molar refractivity (Wildman–Crippen MR) is 95.6 cm³/mol. The Balaban J connectivity index is 1.62. The van der Waals surface area contributed by atoms with Crippen molar-refractivity contribution in [2.24, 2.45) is 5.92 Å². The first kappa shape index (κ1) is 17.9. The van der Waals surface area contributed by atoms with E-state index in [9.17, 15) is 10.1 Å². The first-order valence-electron chi connectivity index (χ1n) is 9.33. The zero-order valence-electron chi connectivity index (χ0n) is 14.7. The number of aliphatic hydroxyl groups excluding tert-OH is 1. The highest BCUT2D eigenvalue weighted by atomic mass is 16.3. The van der Waals surface area contributed by atoms with Crippen LogP contribution in [0.4, 0.5) is 0 Å². The van der Waals surface area contributed by atoms with Crippen molar-refractivity contribution in [3.8, 4) is 6.07 Å².